The standard InChI is InChI=1S/C7H13NS/c1-6(2)4-3-5-7(8)9/h3,5-6H,4H2,1-2H3,(H2,8,9). The average molecular weight is 143 g/mol. The summed E-state index contributed by atoms with van der Waals surface area (Å²) < 4.78 is 0. The quantitative estimate of drug-likeness (QED) is 0.482. The first kappa shape index (κ1) is 8.63. The first-order valence-corrected chi connectivity index (χ1v) is 3.49. The lowest BCUT2D eigenvalue weighted by atomic mass is 10.1. The van der Waals surface area contributed by atoms with Crippen LogP contribution in [0.5, 0.6) is 0 Å². The molecule has 0 aliphatic carbocycles. The summed E-state index contributed by atoms with van der Waals surface area (Å²) in [5, 5.41) is 0. The van der Waals surface area contributed by atoms with E-state index in [0.717, 1.165) is 6.42 Å². The summed E-state index contributed by atoms with van der Waals surface area (Å²) in [7, 11) is 0. The predicted octanol–water partition coefficient (Wildman–Crippen LogP) is 1.87. The molecule has 0 aliphatic heterocycles. The molecule has 0 saturated heterocycles. The van der Waals surface area contributed by atoms with Crippen LogP contribution in [0.2, 0.25) is 0 Å². The average Bonchev–Trinajstić information content (AvgIpc) is 1.63. The topological polar surface area (TPSA) is 26.0 Å². The second-order valence-electron chi connectivity index (χ2n) is 2.43. The van der Waals surface area contributed by atoms with Crippen LogP contribution < -0.4 is 5.73 Å². The number of thiocarbonyl (C=S) groups is 1. The van der Waals surface area contributed by atoms with Crippen LogP contribution in [-0.2, 0) is 0 Å². The molecular formula is C7H13NS. The zero-order chi connectivity index (χ0) is 7.28. The largest absolute Gasteiger partial charge is 0.390 e. The van der Waals surface area contributed by atoms with E-state index < -0.39 is 0 Å². The Balaban J connectivity index is 3.36. The molecule has 0 aromatic heterocycles. The molecule has 0 aromatic carbocycles. The summed E-state index contributed by atoms with van der Waals surface area (Å²) in [6.07, 6.45) is 4.83. The molecule has 0 unspecified atom stereocenters. The Bertz CT molecular complexity index is 116. The highest BCUT2D eigenvalue weighted by Crippen LogP contribution is 1.98. The molecule has 0 aromatic rings. The van der Waals surface area contributed by atoms with E-state index in [0.29, 0.717) is 10.9 Å². The van der Waals surface area contributed by atoms with Crippen LogP contribution in [0.25, 0.3) is 0 Å². The van der Waals surface area contributed by atoms with E-state index in [1.54, 1.807) is 6.08 Å². The fraction of sp³-hybridized carbons (Fsp3) is 0.571. The van der Waals surface area contributed by atoms with Gasteiger partial charge in [0.25, 0.3) is 0 Å². The van der Waals surface area contributed by atoms with Gasteiger partial charge in [-0.25, -0.2) is 0 Å². The van der Waals surface area contributed by atoms with Crippen LogP contribution in [0, 0.1) is 5.92 Å². The fourth-order valence-electron chi connectivity index (χ4n) is 0.456. The Kier molecular flexibility index (Phi) is 4.32. The van der Waals surface area contributed by atoms with Crippen LogP contribution in [0.3, 0.4) is 0 Å². The van der Waals surface area contributed by atoms with Gasteiger partial charge in [0.15, 0.2) is 0 Å². The van der Waals surface area contributed by atoms with E-state index >= 15 is 0 Å². The first-order valence-electron chi connectivity index (χ1n) is 3.09. The van der Waals surface area contributed by atoms with Gasteiger partial charge in [-0.15, -0.1) is 0 Å². The van der Waals surface area contributed by atoms with Crippen LogP contribution in [0.1, 0.15) is 20.3 Å². The maximum absolute atomic E-state index is 5.22. The van der Waals surface area contributed by atoms with E-state index in [1.165, 1.54) is 0 Å². The highest BCUT2D eigenvalue weighted by atomic mass is 32.1. The summed E-state index contributed by atoms with van der Waals surface area (Å²) in [6.45, 7) is 4.31. The van der Waals surface area contributed by atoms with Gasteiger partial charge in [0.2, 0.25) is 0 Å². The molecule has 52 valence electrons. The number of hydrogen-bond acceptors (Lipinski definition) is 1. The third-order valence-corrected chi connectivity index (χ3v) is 1.03. The van der Waals surface area contributed by atoms with Crippen molar-refractivity contribution in [1.29, 1.82) is 0 Å². The van der Waals surface area contributed by atoms with Crippen LogP contribution in [-0.4, -0.2) is 4.99 Å². The molecule has 1 nitrogen and oxygen atoms in total. The monoisotopic (exact) mass is 143 g/mol. The van der Waals surface area contributed by atoms with Gasteiger partial charge in [-0.1, -0.05) is 32.1 Å². The molecule has 2 N–H and O–H groups in total. The third-order valence-electron chi connectivity index (χ3n) is 0.890. The van der Waals surface area contributed by atoms with Gasteiger partial charge in [0.1, 0.15) is 0 Å². The summed E-state index contributed by atoms with van der Waals surface area (Å²) in [5.74, 6) is 0.690. The van der Waals surface area contributed by atoms with Crippen molar-refractivity contribution in [3.63, 3.8) is 0 Å². The second kappa shape index (κ2) is 4.50. The lowest BCUT2D eigenvalue weighted by Crippen LogP contribution is -2.02. The minimum absolute atomic E-state index is 0.468. The number of rotatable bonds is 3. The van der Waals surface area contributed by atoms with Crippen molar-refractivity contribution in [2.24, 2.45) is 11.7 Å². The molecule has 0 rings (SSSR count). The second-order valence-corrected chi connectivity index (χ2v) is 2.91. The van der Waals surface area contributed by atoms with E-state index in [9.17, 15) is 0 Å². The van der Waals surface area contributed by atoms with Gasteiger partial charge in [-0.2, -0.15) is 0 Å². The van der Waals surface area contributed by atoms with Crippen molar-refractivity contribution in [3.05, 3.63) is 12.2 Å². The highest BCUT2D eigenvalue weighted by molar-refractivity contribution is 7.80. The molecule has 0 amide bonds. The highest BCUT2D eigenvalue weighted by Gasteiger charge is 1.86. The molecular weight excluding hydrogens is 130 g/mol. The minimum atomic E-state index is 0.468. The molecule has 0 bridgehead atoms. The summed E-state index contributed by atoms with van der Waals surface area (Å²) >= 11 is 4.64. The Morgan fingerprint density at radius 2 is 2.22 bits per heavy atom. The Morgan fingerprint density at radius 1 is 1.67 bits per heavy atom. The van der Waals surface area contributed by atoms with Crippen LogP contribution >= 0.6 is 12.2 Å². The van der Waals surface area contributed by atoms with Gasteiger partial charge < -0.3 is 5.73 Å². The van der Waals surface area contributed by atoms with Crippen LogP contribution in [0.4, 0.5) is 0 Å². The van der Waals surface area contributed by atoms with Crippen molar-refractivity contribution < 1.29 is 0 Å². The van der Waals surface area contributed by atoms with Gasteiger partial charge in [0.05, 0.1) is 4.99 Å². The lowest BCUT2D eigenvalue weighted by Gasteiger charge is -1.95. The third kappa shape index (κ3) is 7.63. The maximum atomic E-state index is 5.22. The maximum Gasteiger partial charge on any atom is 0.0958 e. The predicted molar refractivity (Wildman–Crippen MR) is 45.4 cm³/mol. The zero-order valence-corrected chi connectivity index (χ0v) is 6.74. The molecule has 9 heavy (non-hydrogen) atoms. The van der Waals surface area contributed by atoms with E-state index in [1.807, 2.05) is 6.08 Å². The molecule has 2 heteroatoms. The molecule has 0 aliphatic rings. The molecule has 0 atom stereocenters. The van der Waals surface area contributed by atoms with Gasteiger partial charge >= 0.3 is 0 Å². The molecule has 0 heterocycles. The van der Waals surface area contributed by atoms with Crippen molar-refractivity contribution in [3.8, 4) is 0 Å². The van der Waals surface area contributed by atoms with Gasteiger partial charge in [0, 0.05) is 0 Å². The molecule has 0 saturated carbocycles. The Hall–Kier alpha value is -0.370. The SMILES string of the molecule is CC(C)CC=CC(N)=S. The van der Waals surface area contributed by atoms with Crippen molar-refractivity contribution in [2.45, 2.75) is 20.3 Å². The first-order chi connectivity index (χ1) is 4.13. The fourth-order valence-corrected chi connectivity index (χ4v) is 0.553. The number of hydrogen-bond donors (Lipinski definition) is 1. The summed E-state index contributed by atoms with van der Waals surface area (Å²) in [5.41, 5.74) is 5.22. The normalized spacial score (nSPS) is 11.0. The van der Waals surface area contributed by atoms with Gasteiger partial charge in [-0.3, -0.25) is 0 Å². The van der Waals surface area contributed by atoms with E-state index in [2.05, 4.69) is 26.1 Å². The summed E-state index contributed by atoms with van der Waals surface area (Å²) in [6, 6.07) is 0. The van der Waals surface area contributed by atoms with E-state index in [4.69, 9.17) is 5.73 Å². The smallest absolute Gasteiger partial charge is 0.0958 e. The number of allylic oxidation sites excluding steroid dienone is 1. The van der Waals surface area contributed by atoms with Crippen molar-refractivity contribution >= 4 is 17.2 Å². The van der Waals surface area contributed by atoms with Crippen LogP contribution in [0.15, 0.2) is 12.2 Å². The molecule has 0 fully saturated rings. The number of nitrogens with two attached hydrogens (primary N) is 1. The zero-order valence-electron chi connectivity index (χ0n) is 5.92. The Morgan fingerprint density at radius 3 is 2.56 bits per heavy atom. The van der Waals surface area contributed by atoms with Crippen molar-refractivity contribution in [1.82, 2.24) is 0 Å². The summed E-state index contributed by atoms with van der Waals surface area (Å²) in [4.78, 5) is 0.468. The Labute approximate surface area is 61.9 Å². The molecule has 0 radical (unpaired) electrons. The van der Waals surface area contributed by atoms with Gasteiger partial charge in [-0.05, 0) is 18.4 Å². The lowest BCUT2D eigenvalue weighted by molar-refractivity contribution is 0.664. The van der Waals surface area contributed by atoms with E-state index in [-0.39, 0.29) is 0 Å². The van der Waals surface area contributed by atoms with Crippen molar-refractivity contribution in [2.75, 3.05) is 0 Å². The minimum Gasteiger partial charge on any atom is -0.390 e. The molecule has 0 spiro atoms.